The van der Waals surface area contributed by atoms with Crippen molar-refractivity contribution in [3.8, 4) is 0 Å². The first-order chi connectivity index (χ1) is 7.62. The van der Waals surface area contributed by atoms with Crippen LogP contribution in [-0.2, 0) is 0 Å². The Balaban J connectivity index is 0. The summed E-state index contributed by atoms with van der Waals surface area (Å²) in [7, 11) is 0. The summed E-state index contributed by atoms with van der Waals surface area (Å²) in [4.78, 5) is 0. The van der Waals surface area contributed by atoms with Crippen LogP contribution >= 0.6 is 0 Å². The van der Waals surface area contributed by atoms with E-state index in [9.17, 15) is 0 Å². The molecule has 2 atom stereocenters. The van der Waals surface area contributed by atoms with Crippen molar-refractivity contribution in [3.63, 3.8) is 0 Å². The van der Waals surface area contributed by atoms with Crippen molar-refractivity contribution in [2.45, 2.75) is 67.2 Å². The van der Waals surface area contributed by atoms with Gasteiger partial charge in [-0.05, 0) is 24.7 Å². The van der Waals surface area contributed by atoms with Gasteiger partial charge in [0.1, 0.15) is 0 Å². The molecule has 16 heavy (non-hydrogen) atoms. The molecular weight excluding hydrogens is 192 g/mol. The highest BCUT2D eigenvalue weighted by Crippen LogP contribution is 2.02. The molecule has 0 amide bonds. The second kappa shape index (κ2) is 14.5. The van der Waals surface area contributed by atoms with Gasteiger partial charge in [0.15, 0.2) is 0 Å². The van der Waals surface area contributed by atoms with Gasteiger partial charge < -0.3 is 0 Å². The molecule has 0 radical (unpaired) electrons. The van der Waals surface area contributed by atoms with Gasteiger partial charge >= 0.3 is 0 Å². The van der Waals surface area contributed by atoms with Crippen LogP contribution in [0.4, 0.5) is 0 Å². The van der Waals surface area contributed by atoms with Gasteiger partial charge in [-0.15, -0.1) is 0 Å². The largest absolute Gasteiger partial charge is 0.0885 e. The van der Waals surface area contributed by atoms with Crippen LogP contribution in [0.2, 0.25) is 0 Å². The molecule has 0 bridgehead atoms. The SMILES string of the molecule is CC/C=C/C(C)CC.CC/C=C\C(C)CC. The van der Waals surface area contributed by atoms with E-state index in [2.05, 4.69) is 65.8 Å². The van der Waals surface area contributed by atoms with E-state index in [0.717, 1.165) is 11.8 Å². The zero-order valence-corrected chi connectivity index (χ0v) is 12.3. The standard InChI is InChI=1S/2C8H16/c2*1-4-6-7-8(3)5-2/h2*6-8H,4-5H2,1-3H3/b7-6+;7-6-. The molecule has 0 fully saturated rings. The summed E-state index contributed by atoms with van der Waals surface area (Å²) >= 11 is 0. The van der Waals surface area contributed by atoms with E-state index in [4.69, 9.17) is 0 Å². The van der Waals surface area contributed by atoms with E-state index in [1.54, 1.807) is 0 Å². The van der Waals surface area contributed by atoms with Crippen LogP contribution in [0.1, 0.15) is 67.2 Å². The molecule has 0 aromatic carbocycles. The predicted molar refractivity (Wildman–Crippen MR) is 77.8 cm³/mol. The minimum atomic E-state index is 0.773. The molecule has 0 aromatic heterocycles. The van der Waals surface area contributed by atoms with Crippen LogP contribution in [0.25, 0.3) is 0 Å². The molecule has 0 aliphatic heterocycles. The highest BCUT2D eigenvalue weighted by atomic mass is 13.9. The number of rotatable bonds is 6. The predicted octanol–water partition coefficient (Wildman–Crippen LogP) is 6.00. The summed E-state index contributed by atoms with van der Waals surface area (Å²) in [5, 5.41) is 0. The topological polar surface area (TPSA) is 0 Å². The van der Waals surface area contributed by atoms with Gasteiger partial charge in [-0.25, -0.2) is 0 Å². The second-order valence-corrected chi connectivity index (χ2v) is 4.44. The Labute approximate surface area is 104 Å². The van der Waals surface area contributed by atoms with Gasteiger partial charge in [-0.3, -0.25) is 0 Å². The molecule has 0 rings (SSSR count). The van der Waals surface area contributed by atoms with Gasteiger partial charge in [0.05, 0.1) is 0 Å². The second-order valence-electron chi connectivity index (χ2n) is 4.44. The van der Waals surface area contributed by atoms with Gasteiger partial charge in [-0.2, -0.15) is 0 Å². The fourth-order valence-electron chi connectivity index (χ4n) is 1.01. The maximum atomic E-state index is 2.28. The van der Waals surface area contributed by atoms with Crippen molar-refractivity contribution in [2.24, 2.45) is 11.8 Å². The van der Waals surface area contributed by atoms with Gasteiger partial charge in [0.25, 0.3) is 0 Å². The Morgan fingerprint density at radius 3 is 1.19 bits per heavy atom. The molecular formula is C16H32. The molecule has 0 nitrogen and oxygen atoms in total. The van der Waals surface area contributed by atoms with Crippen molar-refractivity contribution in [1.82, 2.24) is 0 Å². The number of allylic oxidation sites excluding steroid dienone is 4. The normalized spacial score (nSPS) is 14.9. The van der Waals surface area contributed by atoms with Crippen LogP contribution in [0.5, 0.6) is 0 Å². The molecule has 2 unspecified atom stereocenters. The molecule has 0 aliphatic rings. The van der Waals surface area contributed by atoms with Gasteiger partial charge in [0, 0.05) is 0 Å². The maximum Gasteiger partial charge on any atom is -0.0265 e. The quantitative estimate of drug-likeness (QED) is 0.486. The first-order valence-electron chi connectivity index (χ1n) is 6.95. The summed E-state index contributed by atoms with van der Waals surface area (Å²) in [5.74, 6) is 1.55. The highest BCUT2D eigenvalue weighted by Gasteiger charge is 1.87. The van der Waals surface area contributed by atoms with Crippen molar-refractivity contribution in [2.75, 3.05) is 0 Å². The summed E-state index contributed by atoms with van der Waals surface area (Å²) in [6, 6.07) is 0. The third-order valence-corrected chi connectivity index (χ3v) is 2.69. The molecule has 96 valence electrons. The Hall–Kier alpha value is -0.520. The van der Waals surface area contributed by atoms with Crippen LogP contribution in [0.15, 0.2) is 24.3 Å². The molecule has 0 heteroatoms. The van der Waals surface area contributed by atoms with E-state index >= 15 is 0 Å². The average Bonchev–Trinajstić information content (AvgIpc) is 2.33. The lowest BCUT2D eigenvalue weighted by Gasteiger charge is -1.96. The Morgan fingerprint density at radius 1 is 0.688 bits per heavy atom. The van der Waals surface area contributed by atoms with Gasteiger partial charge in [-0.1, -0.05) is 78.7 Å². The maximum absolute atomic E-state index is 2.28. The lowest BCUT2D eigenvalue weighted by molar-refractivity contribution is 0.695. The van der Waals surface area contributed by atoms with Gasteiger partial charge in [0.2, 0.25) is 0 Å². The average molecular weight is 224 g/mol. The van der Waals surface area contributed by atoms with E-state index in [0.29, 0.717) is 0 Å². The van der Waals surface area contributed by atoms with Crippen LogP contribution in [-0.4, -0.2) is 0 Å². The van der Waals surface area contributed by atoms with Crippen molar-refractivity contribution >= 4 is 0 Å². The van der Waals surface area contributed by atoms with E-state index in [1.165, 1.54) is 25.7 Å². The molecule has 0 saturated carbocycles. The monoisotopic (exact) mass is 224 g/mol. The minimum absolute atomic E-state index is 0.773. The number of hydrogen-bond donors (Lipinski definition) is 0. The van der Waals surface area contributed by atoms with Crippen LogP contribution in [0.3, 0.4) is 0 Å². The van der Waals surface area contributed by atoms with Crippen molar-refractivity contribution in [1.29, 1.82) is 0 Å². The smallest absolute Gasteiger partial charge is 0.0265 e. The summed E-state index contributed by atoms with van der Waals surface area (Å²) in [6.07, 6.45) is 13.9. The molecule has 0 heterocycles. The third-order valence-electron chi connectivity index (χ3n) is 2.69. The van der Waals surface area contributed by atoms with E-state index < -0.39 is 0 Å². The van der Waals surface area contributed by atoms with E-state index in [-0.39, 0.29) is 0 Å². The number of hydrogen-bond acceptors (Lipinski definition) is 0. The fourth-order valence-corrected chi connectivity index (χ4v) is 1.01. The Bertz CT molecular complexity index is 145. The third kappa shape index (κ3) is 15.9. The summed E-state index contributed by atoms with van der Waals surface area (Å²) < 4.78 is 0. The Morgan fingerprint density at radius 2 is 1.00 bits per heavy atom. The zero-order chi connectivity index (χ0) is 12.8. The van der Waals surface area contributed by atoms with Crippen LogP contribution in [0, 0.1) is 11.8 Å². The first kappa shape index (κ1) is 17.9. The summed E-state index contributed by atoms with van der Waals surface area (Å²) in [5.41, 5.74) is 0. The summed E-state index contributed by atoms with van der Waals surface area (Å²) in [6.45, 7) is 13.2. The van der Waals surface area contributed by atoms with Crippen molar-refractivity contribution in [3.05, 3.63) is 24.3 Å². The molecule has 0 N–H and O–H groups in total. The highest BCUT2D eigenvalue weighted by molar-refractivity contribution is 4.84. The Kier molecular flexibility index (Phi) is 16.2. The lowest BCUT2D eigenvalue weighted by Crippen LogP contribution is -1.82. The van der Waals surface area contributed by atoms with Crippen LogP contribution < -0.4 is 0 Å². The van der Waals surface area contributed by atoms with Crippen molar-refractivity contribution < 1.29 is 0 Å². The zero-order valence-electron chi connectivity index (χ0n) is 12.3. The fraction of sp³-hybridized carbons (Fsp3) is 0.750. The molecule has 0 spiro atoms. The lowest BCUT2D eigenvalue weighted by atomic mass is 10.1. The molecule has 0 aromatic rings. The van der Waals surface area contributed by atoms with E-state index in [1.807, 2.05) is 0 Å². The minimum Gasteiger partial charge on any atom is -0.0885 e. The molecule has 0 saturated heterocycles. The first-order valence-corrected chi connectivity index (χ1v) is 6.95. The molecule has 0 aliphatic carbocycles.